The third kappa shape index (κ3) is 2.52. The number of fused-ring (bicyclic) bond motifs is 1. The molecule has 0 saturated carbocycles. The van der Waals surface area contributed by atoms with Gasteiger partial charge in [-0.05, 0) is 31.4 Å². The molecule has 4 rings (SSSR count). The molecule has 2 heterocycles. The molecule has 0 spiro atoms. The summed E-state index contributed by atoms with van der Waals surface area (Å²) >= 11 is 0. The van der Waals surface area contributed by atoms with Gasteiger partial charge in [0, 0.05) is 17.1 Å². The second-order valence-electron chi connectivity index (χ2n) is 5.91. The summed E-state index contributed by atoms with van der Waals surface area (Å²) in [6.45, 7) is 4.19. The van der Waals surface area contributed by atoms with Gasteiger partial charge in [-0.1, -0.05) is 41.5 Å². The SMILES string of the molecule is Cc1cc(C)cc(-c2ncc3ccccc3c2-c2ncncn2)c1. The smallest absolute Gasteiger partial charge is 0.165 e. The molecule has 0 fully saturated rings. The van der Waals surface area contributed by atoms with Crippen molar-refractivity contribution in [1.82, 2.24) is 19.9 Å². The number of pyridine rings is 1. The molecule has 0 bridgehead atoms. The van der Waals surface area contributed by atoms with E-state index in [1.54, 1.807) is 0 Å². The van der Waals surface area contributed by atoms with Gasteiger partial charge in [-0.2, -0.15) is 0 Å². The number of hydrogen-bond acceptors (Lipinski definition) is 4. The van der Waals surface area contributed by atoms with Gasteiger partial charge in [-0.25, -0.2) is 15.0 Å². The van der Waals surface area contributed by atoms with Crippen molar-refractivity contribution < 1.29 is 0 Å². The normalized spacial score (nSPS) is 10.9. The summed E-state index contributed by atoms with van der Waals surface area (Å²) in [4.78, 5) is 17.4. The van der Waals surface area contributed by atoms with Crippen LogP contribution in [0.3, 0.4) is 0 Å². The minimum Gasteiger partial charge on any atom is -0.255 e. The molecule has 0 N–H and O–H groups in total. The molecule has 0 amide bonds. The lowest BCUT2D eigenvalue weighted by Crippen LogP contribution is -1.97. The van der Waals surface area contributed by atoms with Gasteiger partial charge in [0.05, 0.1) is 11.3 Å². The lowest BCUT2D eigenvalue weighted by atomic mass is 9.97. The summed E-state index contributed by atoms with van der Waals surface area (Å²) in [5.74, 6) is 0.642. The number of rotatable bonds is 2. The Hall–Kier alpha value is -3.14. The third-order valence-corrected chi connectivity index (χ3v) is 4.01. The molecule has 116 valence electrons. The monoisotopic (exact) mass is 312 g/mol. The molecule has 0 unspecified atom stereocenters. The van der Waals surface area contributed by atoms with E-state index in [4.69, 9.17) is 4.98 Å². The quantitative estimate of drug-likeness (QED) is 0.551. The van der Waals surface area contributed by atoms with Crippen LogP contribution in [0.25, 0.3) is 33.4 Å². The Morgan fingerprint density at radius 2 is 1.50 bits per heavy atom. The number of aromatic nitrogens is 4. The molecule has 0 atom stereocenters. The van der Waals surface area contributed by atoms with Gasteiger partial charge in [0.2, 0.25) is 0 Å². The van der Waals surface area contributed by atoms with Gasteiger partial charge in [-0.3, -0.25) is 4.98 Å². The van der Waals surface area contributed by atoms with E-state index in [0.717, 1.165) is 27.6 Å². The Morgan fingerprint density at radius 3 is 2.25 bits per heavy atom. The zero-order chi connectivity index (χ0) is 16.5. The van der Waals surface area contributed by atoms with E-state index in [0.29, 0.717) is 5.82 Å². The lowest BCUT2D eigenvalue weighted by molar-refractivity contribution is 1.06. The van der Waals surface area contributed by atoms with E-state index in [9.17, 15) is 0 Å². The Balaban J connectivity index is 2.09. The van der Waals surface area contributed by atoms with Crippen molar-refractivity contribution in [3.63, 3.8) is 0 Å². The first-order valence-corrected chi connectivity index (χ1v) is 7.81. The van der Waals surface area contributed by atoms with Crippen molar-refractivity contribution in [3.05, 3.63) is 72.4 Å². The maximum Gasteiger partial charge on any atom is 0.165 e. The van der Waals surface area contributed by atoms with Crippen LogP contribution in [0.4, 0.5) is 0 Å². The maximum absolute atomic E-state index is 4.74. The summed E-state index contributed by atoms with van der Waals surface area (Å²) in [6, 6.07) is 14.6. The van der Waals surface area contributed by atoms with Crippen molar-refractivity contribution in [2.24, 2.45) is 0 Å². The van der Waals surface area contributed by atoms with Gasteiger partial charge in [0.1, 0.15) is 12.7 Å². The number of hydrogen-bond donors (Lipinski definition) is 0. The summed E-state index contributed by atoms with van der Waals surface area (Å²) in [7, 11) is 0. The van der Waals surface area contributed by atoms with Crippen LogP contribution in [0.2, 0.25) is 0 Å². The molecule has 2 aromatic heterocycles. The van der Waals surface area contributed by atoms with Crippen molar-refractivity contribution in [3.8, 4) is 22.6 Å². The average Bonchev–Trinajstić information content (AvgIpc) is 2.60. The minimum atomic E-state index is 0.642. The number of benzene rings is 2. The molecular formula is C20H16N4. The summed E-state index contributed by atoms with van der Waals surface area (Å²) < 4.78 is 0. The zero-order valence-electron chi connectivity index (χ0n) is 13.6. The Kier molecular flexibility index (Phi) is 3.50. The van der Waals surface area contributed by atoms with Crippen LogP contribution in [-0.2, 0) is 0 Å². The van der Waals surface area contributed by atoms with E-state index in [1.165, 1.54) is 23.8 Å². The van der Waals surface area contributed by atoms with Gasteiger partial charge in [0.15, 0.2) is 5.82 Å². The van der Waals surface area contributed by atoms with Crippen LogP contribution in [0.1, 0.15) is 11.1 Å². The van der Waals surface area contributed by atoms with E-state index < -0.39 is 0 Å². The van der Waals surface area contributed by atoms with Crippen molar-refractivity contribution in [1.29, 1.82) is 0 Å². The molecule has 0 saturated heterocycles. The van der Waals surface area contributed by atoms with E-state index in [-0.39, 0.29) is 0 Å². The third-order valence-electron chi connectivity index (χ3n) is 4.01. The second kappa shape index (κ2) is 5.81. The Bertz CT molecular complexity index is 1010. The van der Waals surface area contributed by atoms with Crippen LogP contribution in [0, 0.1) is 13.8 Å². The predicted octanol–water partition coefficient (Wildman–Crippen LogP) is 4.37. The highest BCUT2D eigenvalue weighted by Gasteiger charge is 2.15. The highest BCUT2D eigenvalue weighted by Crippen LogP contribution is 2.35. The van der Waals surface area contributed by atoms with Crippen LogP contribution in [0.15, 0.2) is 61.3 Å². The largest absolute Gasteiger partial charge is 0.255 e. The topological polar surface area (TPSA) is 51.6 Å². The van der Waals surface area contributed by atoms with Crippen molar-refractivity contribution in [2.75, 3.05) is 0 Å². The van der Waals surface area contributed by atoms with Gasteiger partial charge < -0.3 is 0 Å². The first-order valence-electron chi connectivity index (χ1n) is 7.81. The van der Waals surface area contributed by atoms with E-state index in [1.807, 2.05) is 18.3 Å². The first kappa shape index (κ1) is 14.5. The molecule has 0 radical (unpaired) electrons. The standard InChI is InChI=1S/C20H16N4/c1-13-7-14(2)9-16(8-13)19-18(20-23-11-21-12-24-20)17-6-4-3-5-15(17)10-22-19/h3-12H,1-2H3. The number of nitrogens with zero attached hydrogens (tertiary/aromatic N) is 4. The van der Waals surface area contributed by atoms with Crippen LogP contribution in [-0.4, -0.2) is 19.9 Å². The number of aryl methyl sites for hydroxylation is 2. The van der Waals surface area contributed by atoms with Crippen LogP contribution < -0.4 is 0 Å². The minimum absolute atomic E-state index is 0.642. The molecule has 2 aromatic carbocycles. The maximum atomic E-state index is 4.74. The Morgan fingerprint density at radius 1 is 0.792 bits per heavy atom. The fourth-order valence-electron chi connectivity index (χ4n) is 3.09. The summed E-state index contributed by atoms with van der Waals surface area (Å²) in [6.07, 6.45) is 4.96. The van der Waals surface area contributed by atoms with Crippen LogP contribution in [0.5, 0.6) is 0 Å². The Labute approximate surface area is 140 Å². The summed E-state index contributed by atoms with van der Waals surface area (Å²) in [5.41, 5.74) is 5.34. The molecule has 4 aromatic rings. The molecule has 0 aliphatic heterocycles. The molecule has 0 aliphatic rings. The predicted molar refractivity (Wildman–Crippen MR) is 95.5 cm³/mol. The molecule has 4 nitrogen and oxygen atoms in total. The lowest BCUT2D eigenvalue weighted by Gasteiger charge is -2.12. The fourth-order valence-corrected chi connectivity index (χ4v) is 3.09. The molecular weight excluding hydrogens is 296 g/mol. The van der Waals surface area contributed by atoms with Gasteiger partial charge >= 0.3 is 0 Å². The highest BCUT2D eigenvalue weighted by atomic mass is 15.0. The highest BCUT2D eigenvalue weighted by molar-refractivity contribution is 6.00. The summed E-state index contributed by atoms with van der Waals surface area (Å²) in [5, 5.41) is 2.16. The average molecular weight is 312 g/mol. The van der Waals surface area contributed by atoms with E-state index in [2.05, 4.69) is 59.1 Å². The molecule has 0 aliphatic carbocycles. The van der Waals surface area contributed by atoms with Gasteiger partial charge in [0.25, 0.3) is 0 Å². The van der Waals surface area contributed by atoms with Crippen LogP contribution >= 0.6 is 0 Å². The molecule has 4 heteroatoms. The van der Waals surface area contributed by atoms with Crippen molar-refractivity contribution >= 4 is 10.8 Å². The molecule has 24 heavy (non-hydrogen) atoms. The van der Waals surface area contributed by atoms with Crippen molar-refractivity contribution in [2.45, 2.75) is 13.8 Å². The first-order chi connectivity index (χ1) is 11.7. The second-order valence-corrected chi connectivity index (χ2v) is 5.91. The zero-order valence-corrected chi connectivity index (χ0v) is 13.6. The fraction of sp³-hybridized carbons (Fsp3) is 0.100. The van der Waals surface area contributed by atoms with E-state index >= 15 is 0 Å². The van der Waals surface area contributed by atoms with Gasteiger partial charge in [-0.15, -0.1) is 0 Å².